The molecule has 0 aliphatic carbocycles. The molecule has 21 heavy (non-hydrogen) atoms. The number of carbonyl (C=O) groups excluding carboxylic acids is 2. The van der Waals surface area contributed by atoms with Crippen molar-refractivity contribution >= 4 is 11.8 Å². The number of nitrogens with zero attached hydrogens (tertiary/aromatic N) is 4. The predicted molar refractivity (Wildman–Crippen MR) is 79.1 cm³/mol. The zero-order valence-corrected chi connectivity index (χ0v) is 13.3. The topological polar surface area (TPSA) is 70.5 Å². The fourth-order valence-electron chi connectivity index (χ4n) is 2.69. The van der Waals surface area contributed by atoms with Crippen LogP contribution in [0, 0.1) is 13.8 Å². The quantitative estimate of drug-likeness (QED) is 0.801. The smallest absolute Gasteiger partial charge is 0.258 e. The minimum absolute atomic E-state index is 0.0604. The molecule has 116 valence electrons. The van der Waals surface area contributed by atoms with Crippen LogP contribution >= 0.6 is 0 Å². The van der Waals surface area contributed by atoms with Crippen molar-refractivity contribution in [1.82, 2.24) is 24.9 Å². The maximum atomic E-state index is 12.9. The highest BCUT2D eigenvalue weighted by Crippen LogP contribution is 2.18. The van der Waals surface area contributed by atoms with Gasteiger partial charge in [0.2, 0.25) is 5.91 Å². The Morgan fingerprint density at radius 2 is 2.00 bits per heavy atom. The van der Waals surface area contributed by atoms with E-state index in [4.69, 9.17) is 0 Å². The van der Waals surface area contributed by atoms with Crippen molar-refractivity contribution in [2.24, 2.45) is 7.05 Å². The van der Waals surface area contributed by atoms with Crippen LogP contribution in [0.2, 0.25) is 0 Å². The molecule has 0 bridgehead atoms. The molecule has 1 aromatic heterocycles. The van der Waals surface area contributed by atoms with Crippen molar-refractivity contribution in [3.8, 4) is 0 Å². The molecule has 1 aliphatic heterocycles. The predicted octanol–water partition coefficient (Wildman–Crippen LogP) is -0.461. The minimum Gasteiger partial charge on any atom is -0.347 e. The summed E-state index contributed by atoms with van der Waals surface area (Å²) in [6.45, 7) is 5.41. The van der Waals surface area contributed by atoms with Gasteiger partial charge in [-0.05, 0) is 13.8 Å². The van der Waals surface area contributed by atoms with Crippen LogP contribution in [-0.4, -0.2) is 71.2 Å². The summed E-state index contributed by atoms with van der Waals surface area (Å²) in [5.41, 5.74) is 2.14. The highest BCUT2D eigenvalue weighted by molar-refractivity contribution is 5.99. The van der Waals surface area contributed by atoms with E-state index in [0.29, 0.717) is 30.9 Å². The van der Waals surface area contributed by atoms with E-state index < -0.39 is 6.04 Å². The lowest BCUT2D eigenvalue weighted by Crippen LogP contribution is -2.59. The summed E-state index contributed by atoms with van der Waals surface area (Å²) in [5.74, 6) is -0.172. The number of aromatic nitrogens is 2. The van der Waals surface area contributed by atoms with E-state index >= 15 is 0 Å². The SMILES string of the molecule is Cc1nn(C)c(C)c1C(=O)N1CCNCC1C(=O)N(C)C. The maximum Gasteiger partial charge on any atom is 0.258 e. The molecular formula is C14H23N5O2. The summed E-state index contributed by atoms with van der Waals surface area (Å²) >= 11 is 0. The second kappa shape index (κ2) is 5.85. The van der Waals surface area contributed by atoms with Gasteiger partial charge in [-0.2, -0.15) is 5.10 Å². The fraction of sp³-hybridized carbons (Fsp3) is 0.643. The summed E-state index contributed by atoms with van der Waals surface area (Å²) in [7, 11) is 5.24. The van der Waals surface area contributed by atoms with Crippen molar-refractivity contribution in [3.05, 3.63) is 17.0 Å². The molecule has 1 unspecified atom stereocenters. The van der Waals surface area contributed by atoms with Crippen molar-refractivity contribution in [2.45, 2.75) is 19.9 Å². The highest BCUT2D eigenvalue weighted by Gasteiger charge is 2.35. The summed E-state index contributed by atoms with van der Waals surface area (Å²) in [6, 6.07) is -0.458. The molecule has 2 rings (SSSR count). The average molecular weight is 293 g/mol. The van der Waals surface area contributed by atoms with Gasteiger partial charge < -0.3 is 15.1 Å². The Bertz CT molecular complexity index is 564. The number of rotatable bonds is 2. The lowest BCUT2D eigenvalue weighted by atomic mass is 10.1. The second-order valence-corrected chi connectivity index (χ2v) is 5.62. The molecule has 2 amide bonds. The Hall–Kier alpha value is -1.89. The number of hydrogen-bond donors (Lipinski definition) is 1. The number of amides is 2. The van der Waals surface area contributed by atoms with Crippen molar-refractivity contribution in [3.63, 3.8) is 0 Å². The molecule has 0 saturated carbocycles. The molecule has 0 radical (unpaired) electrons. The molecule has 0 spiro atoms. The third-order valence-corrected chi connectivity index (χ3v) is 3.95. The van der Waals surface area contributed by atoms with Crippen LogP contribution in [0.3, 0.4) is 0 Å². The van der Waals surface area contributed by atoms with Gasteiger partial charge in [0, 0.05) is 46.5 Å². The van der Waals surface area contributed by atoms with Gasteiger partial charge in [0.05, 0.1) is 11.3 Å². The van der Waals surface area contributed by atoms with Gasteiger partial charge in [0.15, 0.2) is 0 Å². The van der Waals surface area contributed by atoms with Crippen LogP contribution in [0.15, 0.2) is 0 Å². The number of piperazine rings is 1. The molecule has 1 aliphatic rings. The first-order valence-electron chi connectivity index (χ1n) is 7.07. The van der Waals surface area contributed by atoms with E-state index in [1.807, 2.05) is 20.9 Å². The first-order valence-corrected chi connectivity index (χ1v) is 7.07. The van der Waals surface area contributed by atoms with Crippen LogP contribution in [0.5, 0.6) is 0 Å². The van der Waals surface area contributed by atoms with Crippen molar-refractivity contribution in [1.29, 1.82) is 0 Å². The standard InChI is InChI=1S/C14H23N5O2/c1-9-12(10(2)18(5)16-9)14(21)19-7-6-15-8-11(19)13(20)17(3)4/h11,15H,6-8H2,1-5H3. The zero-order chi connectivity index (χ0) is 15.7. The largest absolute Gasteiger partial charge is 0.347 e. The normalized spacial score (nSPS) is 18.7. The van der Waals surface area contributed by atoms with Crippen LogP contribution in [0.25, 0.3) is 0 Å². The van der Waals surface area contributed by atoms with E-state index in [1.165, 1.54) is 4.90 Å². The van der Waals surface area contributed by atoms with Crippen LogP contribution in [0.4, 0.5) is 0 Å². The fourth-order valence-corrected chi connectivity index (χ4v) is 2.69. The van der Waals surface area contributed by atoms with Gasteiger partial charge in [0.1, 0.15) is 6.04 Å². The summed E-state index contributed by atoms with van der Waals surface area (Å²) in [4.78, 5) is 28.3. The zero-order valence-electron chi connectivity index (χ0n) is 13.3. The Morgan fingerprint density at radius 1 is 1.33 bits per heavy atom. The highest BCUT2D eigenvalue weighted by atomic mass is 16.2. The van der Waals surface area contributed by atoms with E-state index in [1.54, 1.807) is 23.7 Å². The van der Waals surface area contributed by atoms with Crippen molar-refractivity contribution < 1.29 is 9.59 Å². The number of hydrogen-bond acceptors (Lipinski definition) is 4. The molecule has 2 heterocycles. The van der Waals surface area contributed by atoms with E-state index in [0.717, 1.165) is 5.69 Å². The molecule has 1 fully saturated rings. The van der Waals surface area contributed by atoms with Gasteiger partial charge in [-0.25, -0.2) is 0 Å². The summed E-state index contributed by atoms with van der Waals surface area (Å²) in [5, 5.41) is 7.47. The third kappa shape index (κ3) is 2.78. The molecule has 7 nitrogen and oxygen atoms in total. The lowest BCUT2D eigenvalue weighted by molar-refractivity contribution is -0.134. The van der Waals surface area contributed by atoms with Crippen LogP contribution < -0.4 is 5.32 Å². The first kappa shape index (κ1) is 15.5. The maximum absolute atomic E-state index is 12.9. The van der Waals surface area contributed by atoms with Crippen LogP contribution in [0.1, 0.15) is 21.7 Å². The molecule has 0 aromatic carbocycles. The van der Waals surface area contributed by atoms with Gasteiger partial charge in [-0.3, -0.25) is 14.3 Å². The van der Waals surface area contributed by atoms with Gasteiger partial charge >= 0.3 is 0 Å². The Balaban J connectivity index is 2.33. The molecule has 1 atom stereocenters. The van der Waals surface area contributed by atoms with Gasteiger partial charge in [-0.1, -0.05) is 0 Å². The second-order valence-electron chi connectivity index (χ2n) is 5.62. The lowest BCUT2D eigenvalue weighted by Gasteiger charge is -2.36. The Kier molecular flexibility index (Phi) is 4.32. The number of nitrogens with one attached hydrogen (secondary N) is 1. The first-order chi connectivity index (χ1) is 9.84. The molecule has 1 N–H and O–H groups in total. The summed E-state index contributed by atoms with van der Waals surface area (Å²) in [6.07, 6.45) is 0. The average Bonchev–Trinajstić information content (AvgIpc) is 2.70. The molecule has 1 aromatic rings. The number of likely N-dealkylation sites (N-methyl/N-ethyl adjacent to an activating group) is 1. The molecule has 1 saturated heterocycles. The monoisotopic (exact) mass is 293 g/mol. The summed E-state index contributed by atoms with van der Waals surface area (Å²) < 4.78 is 1.70. The van der Waals surface area contributed by atoms with Gasteiger partial charge in [0.25, 0.3) is 5.91 Å². The van der Waals surface area contributed by atoms with Gasteiger partial charge in [-0.15, -0.1) is 0 Å². The Morgan fingerprint density at radius 3 is 2.52 bits per heavy atom. The molecule has 7 heteroatoms. The van der Waals surface area contributed by atoms with Crippen LogP contribution in [-0.2, 0) is 11.8 Å². The Labute approximate surface area is 124 Å². The van der Waals surface area contributed by atoms with Crippen molar-refractivity contribution in [2.75, 3.05) is 33.7 Å². The van der Waals surface area contributed by atoms with E-state index in [9.17, 15) is 9.59 Å². The third-order valence-electron chi connectivity index (χ3n) is 3.95. The molecular weight excluding hydrogens is 270 g/mol. The minimum atomic E-state index is -0.458. The van der Waals surface area contributed by atoms with E-state index in [2.05, 4.69) is 10.4 Å². The number of aryl methyl sites for hydroxylation is 2. The van der Waals surface area contributed by atoms with E-state index in [-0.39, 0.29) is 11.8 Å². The number of carbonyl (C=O) groups is 2.